The Morgan fingerprint density at radius 1 is 0.917 bits per heavy atom. The lowest BCUT2D eigenvalue weighted by atomic mass is 9.80. The van der Waals surface area contributed by atoms with Crippen molar-refractivity contribution >= 4 is 12.1 Å². The monoisotopic (exact) mass is 670 g/mol. The highest BCUT2D eigenvalue weighted by molar-refractivity contribution is 5.75. The highest BCUT2D eigenvalue weighted by atomic mass is 16.5. The number of piperidine rings is 3. The average molecular weight is 671 g/mol. The molecular weight excluding hydrogens is 614 g/mol. The third-order valence-corrected chi connectivity index (χ3v) is 10.7. The molecule has 266 valence electrons. The lowest BCUT2D eigenvalue weighted by Crippen LogP contribution is -2.65. The minimum Gasteiger partial charge on any atom is -0.506 e. The van der Waals surface area contributed by atoms with Gasteiger partial charge in [0.2, 0.25) is 6.41 Å². The smallest absolute Gasteiger partial charge is 0.211 e. The van der Waals surface area contributed by atoms with Gasteiger partial charge in [-0.15, -0.1) is 0 Å². The number of fused-ring (bicyclic) bond motifs is 3. The van der Waals surface area contributed by atoms with Crippen molar-refractivity contribution in [3.05, 3.63) is 59.7 Å². The van der Waals surface area contributed by atoms with Crippen molar-refractivity contribution < 1.29 is 43.5 Å². The normalized spacial score (nSPS) is 24.4. The molecule has 4 aliphatic rings. The van der Waals surface area contributed by atoms with Crippen LogP contribution in [0, 0.1) is 11.8 Å². The van der Waals surface area contributed by atoms with Crippen molar-refractivity contribution in [1.29, 1.82) is 0 Å². The van der Waals surface area contributed by atoms with E-state index in [2.05, 4.69) is 22.8 Å². The fourth-order valence-corrected chi connectivity index (χ4v) is 7.77. The Morgan fingerprint density at radius 2 is 1.60 bits per heavy atom. The molecule has 11 nitrogen and oxygen atoms in total. The van der Waals surface area contributed by atoms with Gasteiger partial charge < -0.3 is 49.4 Å². The first-order chi connectivity index (χ1) is 23.4. The molecule has 2 aromatic carbocycles. The number of ether oxygens (including phenoxy) is 4. The van der Waals surface area contributed by atoms with E-state index in [1.54, 1.807) is 12.1 Å². The van der Waals surface area contributed by atoms with Gasteiger partial charge in [-0.2, -0.15) is 0 Å². The van der Waals surface area contributed by atoms with Crippen molar-refractivity contribution in [2.45, 2.75) is 56.3 Å². The number of hydrogen-bond acceptors (Lipinski definition) is 9. The van der Waals surface area contributed by atoms with Crippen LogP contribution in [-0.4, -0.2) is 118 Å². The van der Waals surface area contributed by atoms with Gasteiger partial charge in [0.15, 0.2) is 0 Å². The molecule has 5 N–H and O–H groups in total. The number of hydrogen-bond donors (Lipinski definition) is 5. The van der Waals surface area contributed by atoms with Crippen molar-refractivity contribution in [2.75, 3.05) is 90.8 Å². The van der Waals surface area contributed by atoms with Crippen molar-refractivity contribution in [3.63, 3.8) is 0 Å². The van der Waals surface area contributed by atoms with Crippen LogP contribution in [0.3, 0.4) is 0 Å². The van der Waals surface area contributed by atoms with Gasteiger partial charge in [-0.1, -0.05) is 49.2 Å². The van der Waals surface area contributed by atoms with E-state index in [1.807, 2.05) is 18.2 Å². The van der Waals surface area contributed by atoms with E-state index in [1.165, 1.54) is 44.8 Å². The molecule has 1 aliphatic carbocycles. The van der Waals surface area contributed by atoms with Crippen molar-refractivity contribution in [3.8, 4) is 5.75 Å². The van der Waals surface area contributed by atoms with Gasteiger partial charge in [-0.25, -0.2) is 0 Å². The molecule has 3 aliphatic heterocycles. The molecule has 48 heavy (non-hydrogen) atoms. The number of nitrogens with zero attached hydrogens (tertiary/aromatic N) is 1. The van der Waals surface area contributed by atoms with Crippen molar-refractivity contribution in [2.24, 2.45) is 11.8 Å². The van der Waals surface area contributed by atoms with Gasteiger partial charge in [-0.3, -0.25) is 4.79 Å². The Hall–Kier alpha value is -2.61. The quantitative estimate of drug-likeness (QED) is 0.0553. The van der Waals surface area contributed by atoms with Crippen LogP contribution in [0.15, 0.2) is 48.5 Å². The zero-order chi connectivity index (χ0) is 33.7. The number of rotatable bonds is 22. The summed E-state index contributed by atoms with van der Waals surface area (Å²) in [6, 6.07) is 14.8. The lowest BCUT2D eigenvalue weighted by Gasteiger charge is -2.52. The summed E-state index contributed by atoms with van der Waals surface area (Å²) in [5.41, 5.74) is 0.923. The molecule has 3 saturated heterocycles. The number of carbonyl (C=O) groups excluding carboxylic acids is 1. The SMILES string of the molecule is O=CNc1cc([C@@H](O)CNCCOCCOCCOCC[N+]23CCC(CC2)[C@@H](OC[C@@](O)(c2ccccc2)C2CCCC2)C3)ccc1O. The maximum absolute atomic E-state index is 12.0. The minimum atomic E-state index is -0.915. The minimum absolute atomic E-state index is 0.0533. The van der Waals surface area contributed by atoms with E-state index in [0.29, 0.717) is 77.2 Å². The van der Waals surface area contributed by atoms with Crippen LogP contribution < -0.4 is 10.6 Å². The number of benzene rings is 2. The van der Waals surface area contributed by atoms with Crippen LogP contribution in [0.2, 0.25) is 0 Å². The molecule has 11 heteroatoms. The van der Waals surface area contributed by atoms with Crippen LogP contribution >= 0.6 is 0 Å². The van der Waals surface area contributed by atoms with Crippen LogP contribution in [-0.2, 0) is 29.3 Å². The Labute approximate surface area is 285 Å². The molecule has 3 atom stereocenters. The maximum atomic E-state index is 12.0. The molecule has 4 fully saturated rings. The number of aliphatic hydroxyl groups is 2. The molecule has 0 radical (unpaired) electrons. The van der Waals surface area contributed by atoms with Gasteiger partial charge in [0, 0.05) is 31.8 Å². The fourth-order valence-electron chi connectivity index (χ4n) is 7.77. The van der Waals surface area contributed by atoms with E-state index in [-0.39, 0.29) is 23.5 Å². The fraction of sp³-hybridized carbons (Fsp3) is 0.649. The number of aliphatic hydroxyl groups excluding tert-OH is 1. The van der Waals surface area contributed by atoms with Gasteiger partial charge >= 0.3 is 0 Å². The average Bonchev–Trinajstić information content (AvgIpc) is 3.67. The third-order valence-electron chi connectivity index (χ3n) is 10.7. The number of anilines is 1. The highest BCUT2D eigenvalue weighted by Gasteiger charge is 2.48. The summed E-state index contributed by atoms with van der Waals surface area (Å²) in [6.07, 6.45) is 6.74. The predicted molar refractivity (Wildman–Crippen MR) is 183 cm³/mol. The Bertz CT molecular complexity index is 1240. The summed E-state index contributed by atoms with van der Waals surface area (Å²) < 4.78 is 25.0. The Morgan fingerprint density at radius 3 is 2.31 bits per heavy atom. The molecule has 1 amide bonds. The van der Waals surface area contributed by atoms with Crippen LogP contribution in [0.25, 0.3) is 0 Å². The molecule has 3 heterocycles. The number of aromatic hydroxyl groups is 1. The predicted octanol–water partition coefficient (Wildman–Crippen LogP) is 3.34. The first-order valence-corrected chi connectivity index (χ1v) is 17.8. The van der Waals surface area contributed by atoms with Crippen LogP contribution in [0.5, 0.6) is 5.75 Å². The summed E-state index contributed by atoms with van der Waals surface area (Å²) >= 11 is 0. The Kier molecular flexibility index (Phi) is 14.1. The van der Waals surface area contributed by atoms with Gasteiger partial charge in [0.05, 0.1) is 71.1 Å². The summed E-state index contributed by atoms with van der Waals surface area (Å²) in [5, 5.41) is 37.6. The number of nitrogens with one attached hydrogen (secondary N) is 2. The van der Waals surface area contributed by atoms with E-state index >= 15 is 0 Å². The summed E-state index contributed by atoms with van der Waals surface area (Å²) in [4.78, 5) is 10.7. The number of phenolic OH excluding ortho intramolecular Hbond substituents is 1. The molecule has 2 bridgehead atoms. The molecule has 1 saturated carbocycles. The van der Waals surface area contributed by atoms with Crippen LogP contribution in [0.1, 0.15) is 55.8 Å². The second-order valence-corrected chi connectivity index (χ2v) is 13.7. The molecule has 2 aromatic rings. The second-order valence-electron chi connectivity index (χ2n) is 13.7. The Balaban J connectivity index is 0.906. The van der Waals surface area contributed by atoms with E-state index < -0.39 is 11.7 Å². The second kappa shape index (κ2) is 18.4. The number of carbonyl (C=O) groups is 1. The summed E-state index contributed by atoms with van der Waals surface area (Å²) in [6.45, 7) is 8.82. The van der Waals surface area contributed by atoms with Gasteiger partial charge in [0.25, 0.3) is 0 Å². The summed E-state index contributed by atoms with van der Waals surface area (Å²) in [7, 11) is 0. The van der Waals surface area contributed by atoms with E-state index in [4.69, 9.17) is 18.9 Å². The maximum Gasteiger partial charge on any atom is 0.211 e. The largest absolute Gasteiger partial charge is 0.506 e. The zero-order valence-corrected chi connectivity index (χ0v) is 28.3. The number of amides is 1. The van der Waals surface area contributed by atoms with Crippen LogP contribution in [0.4, 0.5) is 5.69 Å². The first kappa shape index (κ1) is 36.7. The highest BCUT2D eigenvalue weighted by Crippen LogP contribution is 2.42. The first-order valence-electron chi connectivity index (χ1n) is 17.8. The number of phenols is 1. The molecule has 0 unspecified atom stereocenters. The third kappa shape index (κ3) is 9.98. The zero-order valence-electron chi connectivity index (χ0n) is 28.3. The van der Waals surface area contributed by atoms with Gasteiger partial charge in [-0.05, 0) is 42.0 Å². The van der Waals surface area contributed by atoms with E-state index in [9.17, 15) is 20.1 Å². The molecular formula is C37H56N3O8+. The standard InChI is InChI=1S/C37H55N3O8/c41-28-39-33-24-30(10-11-34(33)42)35(43)25-38-14-18-45-20-22-47-23-21-46-19-17-40-15-12-29(13-16-40)36(26-40)48-27-37(44,32-8-4-5-9-32)31-6-2-1-3-7-31/h1-3,6-7,10-11,24,28-29,32,35-36,38,43-44H,4-5,8-9,12-23,25-27H2,(H-,39,41,42)/p+1/t29?,35-,36-,37+,40?/m0/s1. The molecule has 0 aromatic heterocycles. The molecule has 0 spiro atoms. The topological polar surface area (TPSA) is 139 Å². The van der Waals surface area contributed by atoms with Crippen molar-refractivity contribution in [1.82, 2.24) is 5.32 Å². The molecule has 6 rings (SSSR count). The number of quaternary nitrogens is 1. The lowest BCUT2D eigenvalue weighted by molar-refractivity contribution is -0.946. The summed E-state index contributed by atoms with van der Waals surface area (Å²) in [5.74, 6) is 0.789. The van der Waals surface area contributed by atoms with E-state index in [0.717, 1.165) is 36.0 Å². The van der Waals surface area contributed by atoms with Gasteiger partial charge in [0.1, 0.15) is 30.5 Å².